The van der Waals surface area contributed by atoms with Crippen molar-refractivity contribution < 1.29 is 4.79 Å². The molecule has 4 heterocycles. The monoisotopic (exact) mass is 384 g/mol. The van der Waals surface area contributed by atoms with Gasteiger partial charge in [-0.25, -0.2) is 9.97 Å². The number of pyridine rings is 1. The number of carbonyl (C=O) groups excluding carboxylic acids is 1. The number of amides is 1. The minimum atomic E-state index is 0.187. The SMILES string of the molecule is Cc1nc(-c2cccs2)c(CC(=O)N2CCN(c3ccccn3)CC2)s1. The summed E-state index contributed by atoms with van der Waals surface area (Å²) in [5.41, 5.74) is 0.975. The molecule has 1 fully saturated rings. The van der Waals surface area contributed by atoms with Gasteiger partial charge in [0.15, 0.2) is 0 Å². The predicted octanol–water partition coefficient (Wildman–Crippen LogP) is 3.47. The lowest BCUT2D eigenvalue weighted by molar-refractivity contribution is -0.130. The molecule has 7 heteroatoms. The summed E-state index contributed by atoms with van der Waals surface area (Å²) in [6, 6.07) is 10.0. The molecule has 0 spiro atoms. The van der Waals surface area contributed by atoms with E-state index in [2.05, 4.69) is 20.9 Å². The Morgan fingerprint density at radius 2 is 2.00 bits per heavy atom. The molecule has 1 saturated heterocycles. The third-order valence-corrected chi connectivity index (χ3v) is 6.32. The summed E-state index contributed by atoms with van der Waals surface area (Å²) in [5.74, 6) is 1.17. The first-order chi connectivity index (χ1) is 12.7. The van der Waals surface area contributed by atoms with Crippen LogP contribution >= 0.6 is 22.7 Å². The summed E-state index contributed by atoms with van der Waals surface area (Å²) in [7, 11) is 0. The highest BCUT2D eigenvalue weighted by atomic mass is 32.1. The molecule has 1 aliphatic heterocycles. The molecule has 134 valence electrons. The topological polar surface area (TPSA) is 49.3 Å². The molecule has 0 aromatic carbocycles. The van der Waals surface area contributed by atoms with Crippen LogP contribution in [0.25, 0.3) is 10.6 Å². The van der Waals surface area contributed by atoms with Gasteiger partial charge in [-0.15, -0.1) is 22.7 Å². The summed E-state index contributed by atoms with van der Waals surface area (Å²) < 4.78 is 0. The van der Waals surface area contributed by atoms with Gasteiger partial charge in [-0.2, -0.15) is 0 Å². The largest absolute Gasteiger partial charge is 0.353 e. The third-order valence-electron chi connectivity index (χ3n) is 4.48. The van der Waals surface area contributed by atoms with E-state index in [1.807, 2.05) is 47.7 Å². The summed E-state index contributed by atoms with van der Waals surface area (Å²) in [6.45, 7) is 5.12. The van der Waals surface area contributed by atoms with Crippen molar-refractivity contribution in [3.05, 3.63) is 51.8 Å². The van der Waals surface area contributed by atoms with Crippen LogP contribution in [-0.4, -0.2) is 47.0 Å². The molecule has 0 bridgehead atoms. The zero-order valence-corrected chi connectivity index (χ0v) is 16.2. The molecule has 26 heavy (non-hydrogen) atoms. The van der Waals surface area contributed by atoms with Crippen molar-refractivity contribution in [2.75, 3.05) is 31.1 Å². The molecule has 3 aromatic rings. The second-order valence-electron chi connectivity index (χ2n) is 6.21. The van der Waals surface area contributed by atoms with Crippen LogP contribution in [0.5, 0.6) is 0 Å². The lowest BCUT2D eigenvalue weighted by Gasteiger charge is -2.35. The maximum Gasteiger partial charge on any atom is 0.228 e. The van der Waals surface area contributed by atoms with Gasteiger partial charge in [0, 0.05) is 37.3 Å². The third kappa shape index (κ3) is 3.64. The van der Waals surface area contributed by atoms with Crippen molar-refractivity contribution in [2.24, 2.45) is 0 Å². The molecule has 4 rings (SSSR count). The number of thiazole rings is 1. The van der Waals surface area contributed by atoms with Gasteiger partial charge in [0.25, 0.3) is 0 Å². The average molecular weight is 385 g/mol. The fourth-order valence-electron chi connectivity index (χ4n) is 3.17. The van der Waals surface area contributed by atoms with Crippen molar-refractivity contribution in [2.45, 2.75) is 13.3 Å². The number of piperazine rings is 1. The standard InChI is InChI=1S/C19H20N4OS2/c1-14-21-19(15-5-4-12-25-15)16(26-14)13-18(24)23-10-8-22(9-11-23)17-6-2-3-7-20-17/h2-7,12H,8-11,13H2,1H3. The van der Waals surface area contributed by atoms with Crippen LogP contribution in [0, 0.1) is 6.92 Å². The van der Waals surface area contributed by atoms with Gasteiger partial charge in [-0.3, -0.25) is 4.79 Å². The van der Waals surface area contributed by atoms with Crippen molar-refractivity contribution in [3.8, 4) is 10.6 Å². The van der Waals surface area contributed by atoms with Gasteiger partial charge in [0.2, 0.25) is 5.91 Å². The van der Waals surface area contributed by atoms with Crippen LogP contribution in [0.2, 0.25) is 0 Å². The Morgan fingerprint density at radius 3 is 2.69 bits per heavy atom. The Bertz CT molecular complexity index is 868. The lowest BCUT2D eigenvalue weighted by Crippen LogP contribution is -2.49. The first-order valence-corrected chi connectivity index (χ1v) is 10.3. The number of aromatic nitrogens is 2. The molecule has 0 unspecified atom stereocenters. The van der Waals surface area contributed by atoms with E-state index in [0.717, 1.165) is 52.5 Å². The normalized spacial score (nSPS) is 14.7. The number of carbonyl (C=O) groups is 1. The number of nitrogens with zero attached hydrogens (tertiary/aromatic N) is 4. The van der Waals surface area contributed by atoms with E-state index < -0.39 is 0 Å². The summed E-state index contributed by atoms with van der Waals surface area (Å²) >= 11 is 3.30. The van der Waals surface area contributed by atoms with Crippen LogP contribution < -0.4 is 4.90 Å². The van der Waals surface area contributed by atoms with E-state index in [4.69, 9.17) is 0 Å². The number of hydrogen-bond donors (Lipinski definition) is 0. The quantitative estimate of drug-likeness (QED) is 0.691. The maximum atomic E-state index is 12.8. The van der Waals surface area contributed by atoms with Gasteiger partial charge in [0.1, 0.15) is 5.82 Å². The first-order valence-electron chi connectivity index (χ1n) is 8.64. The molecule has 0 saturated carbocycles. The van der Waals surface area contributed by atoms with Crippen molar-refractivity contribution >= 4 is 34.4 Å². The summed E-state index contributed by atoms with van der Waals surface area (Å²) in [5, 5.41) is 3.06. The molecule has 1 aliphatic rings. The number of hydrogen-bond acceptors (Lipinski definition) is 6. The second-order valence-corrected chi connectivity index (χ2v) is 8.45. The number of aryl methyl sites for hydroxylation is 1. The highest BCUT2D eigenvalue weighted by molar-refractivity contribution is 7.15. The number of anilines is 1. The molecule has 0 aliphatic carbocycles. The van der Waals surface area contributed by atoms with E-state index in [1.165, 1.54) is 0 Å². The first kappa shape index (κ1) is 17.2. The highest BCUT2D eigenvalue weighted by Crippen LogP contribution is 2.32. The Labute approximate surface area is 160 Å². The van der Waals surface area contributed by atoms with E-state index in [1.54, 1.807) is 22.7 Å². The minimum absolute atomic E-state index is 0.187. The van der Waals surface area contributed by atoms with Crippen molar-refractivity contribution in [1.29, 1.82) is 0 Å². The van der Waals surface area contributed by atoms with Gasteiger partial charge in [-0.05, 0) is 30.5 Å². The Morgan fingerprint density at radius 1 is 1.15 bits per heavy atom. The van der Waals surface area contributed by atoms with Crippen molar-refractivity contribution in [1.82, 2.24) is 14.9 Å². The smallest absolute Gasteiger partial charge is 0.228 e. The average Bonchev–Trinajstić information content (AvgIpc) is 3.32. The van der Waals surface area contributed by atoms with Crippen molar-refractivity contribution in [3.63, 3.8) is 0 Å². The zero-order valence-electron chi connectivity index (χ0n) is 14.6. The molecule has 0 radical (unpaired) electrons. The van der Waals surface area contributed by atoms with Crippen LogP contribution in [0.15, 0.2) is 41.9 Å². The molecule has 1 amide bonds. The Balaban J connectivity index is 1.41. The highest BCUT2D eigenvalue weighted by Gasteiger charge is 2.24. The molecular weight excluding hydrogens is 364 g/mol. The zero-order chi connectivity index (χ0) is 17.9. The van der Waals surface area contributed by atoms with Gasteiger partial charge in [-0.1, -0.05) is 12.1 Å². The van der Waals surface area contributed by atoms with Crippen LogP contribution in [0.3, 0.4) is 0 Å². The molecule has 5 nitrogen and oxygen atoms in total. The predicted molar refractivity (Wildman–Crippen MR) is 107 cm³/mol. The van der Waals surface area contributed by atoms with E-state index in [9.17, 15) is 4.79 Å². The summed E-state index contributed by atoms with van der Waals surface area (Å²) in [6.07, 6.45) is 2.24. The van der Waals surface area contributed by atoms with E-state index >= 15 is 0 Å². The van der Waals surface area contributed by atoms with Crippen LogP contribution in [-0.2, 0) is 11.2 Å². The van der Waals surface area contributed by atoms with E-state index in [-0.39, 0.29) is 5.91 Å². The maximum absolute atomic E-state index is 12.8. The fraction of sp³-hybridized carbons (Fsp3) is 0.316. The minimum Gasteiger partial charge on any atom is -0.353 e. The summed E-state index contributed by atoms with van der Waals surface area (Å²) in [4.78, 5) is 28.3. The van der Waals surface area contributed by atoms with Crippen LogP contribution in [0.4, 0.5) is 5.82 Å². The molecule has 3 aromatic heterocycles. The second kappa shape index (κ2) is 7.55. The molecule has 0 atom stereocenters. The van der Waals surface area contributed by atoms with Gasteiger partial charge in [0.05, 0.1) is 22.0 Å². The van der Waals surface area contributed by atoms with Crippen LogP contribution in [0.1, 0.15) is 9.88 Å². The number of thiophene rings is 1. The number of rotatable bonds is 4. The van der Waals surface area contributed by atoms with E-state index in [0.29, 0.717) is 6.42 Å². The van der Waals surface area contributed by atoms with Gasteiger partial charge >= 0.3 is 0 Å². The Hall–Kier alpha value is -2.25. The molecule has 0 N–H and O–H groups in total. The lowest BCUT2D eigenvalue weighted by atomic mass is 10.2. The van der Waals surface area contributed by atoms with Gasteiger partial charge < -0.3 is 9.80 Å². The molecular formula is C19H20N4OS2. The Kier molecular flexibility index (Phi) is 4.99. The fourth-order valence-corrected chi connectivity index (χ4v) is 4.92.